The molecule has 178 valence electrons. The summed E-state index contributed by atoms with van der Waals surface area (Å²) in [5, 5.41) is -0.314. The van der Waals surface area contributed by atoms with Gasteiger partial charge < -0.3 is 19.1 Å². The topological polar surface area (TPSA) is 85.4 Å². The van der Waals surface area contributed by atoms with Crippen LogP contribution < -0.4 is 9.47 Å². The van der Waals surface area contributed by atoms with Crippen LogP contribution in [-0.2, 0) is 14.3 Å². The lowest BCUT2D eigenvalue weighted by molar-refractivity contribution is -0.137. The lowest BCUT2D eigenvalue weighted by atomic mass is 10.2. The lowest BCUT2D eigenvalue weighted by Gasteiger charge is -2.26. The van der Waals surface area contributed by atoms with Gasteiger partial charge in [-0.2, -0.15) is 0 Å². The molecular weight excluding hydrogens is 456 g/mol. The first-order valence-electron chi connectivity index (χ1n) is 11.0. The highest BCUT2D eigenvalue weighted by atomic mass is 32.2. The number of thioether (sulfide) groups is 1. The molecule has 4 rings (SSSR count). The molecule has 0 spiro atoms. The number of morpholine rings is 1. The van der Waals surface area contributed by atoms with E-state index in [9.17, 15) is 14.4 Å². The van der Waals surface area contributed by atoms with Gasteiger partial charge in [0.1, 0.15) is 18.1 Å². The summed E-state index contributed by atoms with van der Waals surface area (Å²) in [5.41, 5.74) is 1.83. The maximum atomic E-state index is 12.7. The number of ether oxygens (including phenoxy) is 3. The van der Waals surface area contributed by atoms with E-state index in [1.807, 2.05) is 31.2 Å². The third-order valence-electron chi connectivity index (χ3n) is 5.35. The molecule has 0 saturated carbocycles. The standard InChI is InChI=1S/C25H26N2O6S/c1-18-3-2-4-21(15-18)32-14-11-27-24(29)22(34-25(27)30)16-19-5-7-20(8-6-19)33-17-23(28)26-9-12-31-13-10-26/h2-8,15-16H,9-14,17H2,1H3/b22-16-. The van der Waals surface area contributed by atoms with Crippen LogP contribution in [0.1, 0.15) is 11.1 Å². The molecule has 2 aliphatic rings. The number of aryl methyl sites for hydroxylation is 1. The first-order valence-corrected chi connectivity index (χ1v) is 11.8. The van der Waals surface area contributed by atoms with Gasteiger partial charge in [-0.25, -0.2) is 0 Å². The van der Waals surface area contributed by atoms with E-state index in [0.717, 1.165) is 22.9 Å². The third kappa shape index (κ3) is 6.18. The number of imide groups is 1. The van der Waals surface area contributed by atoms with Gasteiger partial charge in [0.15, 0.2) is 6.61 Å². The highest BCUT2D eigenvalue weighted by Gasteiger charge is 2.34. The van der Waals surface area contributed by atoms with Crippen LogP contribution >= 0.6 is 11.8 Å². The number of hydrogen-bond donors (Lipinski definition) is 0. The van der Waals surface area contributed by atoms with E-state index < -0.39 is 0 Å². The van der Waals surface area contributed by atoms with Gasteiger partial charge in [0, 0.05) is 13.1 Å². The van der Waals surface area contributed by atoms with Crippen LogP contribution in [0.4, 0.5) is 4.79 Å². The van der Waals surface area contributed by atoms with E-state index in [2.05, 4.69) is 0 Å². The minimum Gasteiger partial charge on any atom is -0.492 e. The summed E-state index contributed by atoms with van der Waals surface area (Å²) in [6.07, 6.45) is 1.68. The minimum absolute atomic E-state index is 0.0388. The summed E-state index contributed by atoms with van der Waals surface area (Å²) < 4.78 is 16.5. The quantitative estimate of drug-likeness (QED) is 0.534. The largest absolute Gasteiger partial charge is 0.492 e. The van der Waals surface area contributed by atoms with Gasteiger partial charge in [-0.15, -0.1) is 0 Å². The normalized spacial score (nSPS) is 17.4. The molecule has 2 saturated heterocycles. The molecule has 2 aromatic carbocycles. The highest BCUT2D eigenvalue weighted by Crippen LogP contribution is 2.32. The van der Waals surface area contributed by atoms with Gasteiger partial charge in [-0.05, 0) is 60.2 Å². The second-order valence-corrected chi connectivity index (χ2v) is 8.84. The van der Waals surface area contributed by atoms with Gasteiger partial charge in [0.05, 0.1) is 24.7 Å². The van der Waals surface area contributed by atoms with Gasteiger partial charge >= 0.3 is 0 Å². The second kappa shape index (κ2) is 11.2. The van der Waals surface area contributed by atoms with Gasteiger partial charge in [-0.1, -0.05) is 24.3 Å². The van der Waals surface area contributed by atoms with Crippen molar-refractivity contribution in [3.05, 3.63) is 64.6 Å². The molecule has 8 nitrogen and oxygen atoms in total. The van der Waals surface area contributed by atoms with Crippen molar-refractivity contribution in [3.63, 3.8) is 0 Å². The van der Waals surface area contributed by atoms with E-state index in [-0.39, 0.29) is 36.8 Å². The molecule has 9 heteroatoms. The molecule has 0 aliphatic carbocycles. The Kier molecular flexibility index (Phi) is 7.87. The molecule has 2 heterocycles. The zero-order valence-corrected chi connectivity index (χ0v) is 19.7. The summed E-state index contributed by atoms with van der Waals surface area (Å²) in [4.78, 5) is 40.5. The van der Waals surface area contributed by atoms with E-state index in [1.54, 1.807) is 35.2 Å². The Morgan fingerprint density at radius 1 is 1.06 bits per heavy atom. The van der Waals surface area contributed by atoms with Crippen LogP contribution in [0.25, 0.3) is 6.08 Å². The number of nitrogens with zero attached hydrogens (tertiary/aromatic N) is 2. The molecule has 2 aromatic rings. The van der Waals surface area contributed by atoms with E-state index in [0.29, 0.717) is 42.7 Å². The number of amides is 3. The van der Waals surface area contributed by atoms with Crippen molar-refractivity contribution < 1.29 is 28.6 Å². The zero-order chi connectivity index (χ0) is 23.9. The summed E-state index contributed by atoms with van der Waals surface area (Å²) >= 11 is 0.911. The fraction of sp³-hybridized carbons (Fsp3) is 0.320. The second-order valence-electron chi connectivity index (χ2n) is 7.85. The summed E-state index contributed by atoms with van der Waals surface area (Å²) in [6.45, 7) is 4.59. The average molecular weight is 483 g/mol. The average Bonchev–Trinajstić information content (AvgIpc) is 3.11. The van der Waals surface area contributed by atoms with Crippen molar-refractivity contribution in [2.45, 2.75) is 6.92 Å². The SMILES string of the molecule is Cc1cccc(OCCN2C(=O)S/C(=C\c3ccc(OCC(=O)N4CCOCC4)cc3)C2=O)c1. The molecule has 0 aromatic heterocycles. The zero-order valence-electron chi connectivity index (χ0n) is 18.9. The maximum absolute atomic E-state index is 12.7. The molecule has 0 atom stereocenters. The molecule has 2 aliphatic heterocycles. The Bertz CT molecular complexity index is 1080. The van der Waals surface area contributed by atoms with Gasteiger partial charge in [0.2, 0.25) is 0 Å². The molecule has 34 heavy (non-hydrogen) atoms. The van der Waals surface area contributed by atoms with Crippen LogP contribution in [0, 0.1) is 6.92 Å². The summed E-state index contributed by atoms with van der Waals surface area (Å²) in [7, 11) is 0. The first-order chi connectivity index (χ1) is 16.5. The van der Waals surface area contributed by atoms with Gasteiger partial charge in [0.25, 0.3) is 17.1 Å². The Morgan fingerprint density at radius 3 is 2.56 bits per heavy atom. The number of carbonyl (C=O) groups excluding carboxylic acids is 3. The Hall–Kier alpha value is -3.30. The van der Waals surface area contributed by atoms with Crippen molar-refractivity contribution in [3.8, 4) is 11.5 Å². The minimum atomic E-state index is -0.334. The molecule has 0 N–H and O–H groups in total. The Labute approximate surface area is 202 Å². The fourth-order valence-corrected chi connectivity index (χ4v) is 4.38. The summed E-state index contributed by atoms with van der Waals surface area (Å²) in [5.74, 6) is 0.850. The number of carbonyl (C=O) groups is 3. The molecule has 3 amide bonds. The number of hydrogen-bond acceptors (Lipinski definition) is 7. The lowest BCUT2D eigenvalue weighted by Crippen LogP contribution is -2.42. The predicted octanol–water partition coefficient (Wildman–Crippen LogP) is 3.35. The molecule has 0 unspecified atom stereocenters. The summed E-state index contributed by atoms with van der Waals surface area (Å²) in [6, 6.07) is 14.6. The molecule has 2 fully saturated rings. The molecular formula is C25H26N2O6S. The van der Waals surface area contributed by atoms with Crippen molar-refractivity contribution in [1.82, 2.24) is 9.80 Å². The molecule has 0 bridgehead atoms. The van der Waals surface area contributed by atoms with E-state index in [4.69, 9.17) is 14.2 Å². The Morgan fingerprint density at radius 2 is 1.82 bits per heavy atom. The van der Waals surface area contributed by atoms with Crippen LogP contribution in [0.3, 0.4) is 0 Å². The molecule has 0 radical (unpaired) electrons. The van der Waals surface area contributed by atoms with Gasteiger partial charge in [-0.3, -0.25) is 19.3 Å². The number of benzene rings is 2. The monoisotopic (exact) mass is 482 g/mol. The smallest absolute Gasteiger partial charge is 0.293 e. The van der Waals surface area contributed by atoms with Crippen molar-refractivity contribution in [1.29, 1.82) is 0 Å². The van der Waals surface area contributed by atoms with Crippen LogP contribution in [0.15, 0.2) is 53.4 Å². The fourth-order valence-electron chi connectivity index (χ4n) is 3.51. The Balaban J connectivity index is 1.28. The van der Waals surface area contributed by atoms with E-state index in [1.165, 1.54) is 4.90 Å². The first kappa shape index (κ1) is 23.8. The van der Waals surface area contributed by atoms with Crippen molar-refractivity contribution in [2.24, 2.45) is 0 Å². The van der Waals surface area contributed by atoms with E-state index >= 15 is 0 Å². The maximum Gasteiger partial charge on any atom is 0.293 e. The van der Waals surface area contributed by atoms with Crippen molar-refractivity contribution in [2.75, 3.05) is 46.1 Å². The predicted molar refractivity (Wildman–Crippen MR) is 129 cm³/mol. The van der Waals surface area contributed by atoms with Crippen LogP contribution in [-0.4, -0.2) is 72.9 Å². The number of rotatable bonds is 8. The third-order valence-corrected chi connectivity index (χ3v) is 6.26. The van der Waals surface area contributed by atoms with Crippen LogP contribution in [0.5, 0.6) is 11.5 Å². The highest BCUT2D eigenvalue weighted by molar-refractivity contribution is 8.18. The van der Waals surface area contributed by atoms with Crippen LogP contribution in [0.2, 0.25) is 0 Å². The van der Waals surface area contributed by atoms with Crippen molar-refractivity contribution >= 4 is 34.9 Å².